The molecule has 1 aliphatic rings. The summed E-state index contributed by atoms with van der Waals surface area (Å²) >= 11 is 0. The van der Waals surface area contributed by atoms with Crippen LogP contribution >= 0.6 is 0 Å². The highest BCUT2D eigenvalue weighted by Crippen LogP contribution is 2.21. The van der Waals surface area contributed by atoms with Crippen LogP contribution in [0.4, 0.5) is 0 Å². The van der Waals surface area contributed by atoms with E-state index >= 15 is 0 Å². The van der Waals surface area contributed by atoms with Crippen molar-refractivity contribution in [2.75, 3.05) is 6.54 Å². The van der Waals surface area contributed by atoms with E-state index in [2.05, 4.69) is 10.3 Å². The Hall–Kier alpha value is -3.09. The van der Waals surface area contributed by atoms with E-state index in [1.54, 1.807) is 17.0 Å². The Balaban J connectivity index is 1.47. The number of aryl methyl sites for hydroxylation is 1. The molecule has 0 radical (unpaired) electrons. The number of piperidine rings is 1. The zero-order valence-corrected chi connectivity index (χ0v) is 15.2. The molecule has 7 nitrogen and oxygen atoms in total. The van der Waals surface area contributed by atoms with Crippen LogP contribution in [0, 0.1) is 0 Å². The molecule has 1 N–H and O–H groups in total. The Morgan fingerprint density at radius 3 is 2.85 bits per heavy atom. The third-order valence-electron chi connectivity index (χ3n) is 5.10. The fraction of sp³-hybridized carbons (Fsp3) is 0.350. The van der Waals surface area contributed by atoms with E-state index < -0.39 is 6.04 Å². The van der Waals surface area contributed by atoms with Gasteiger partial charge in [-0.15, -0.1) is 0 Å². The standard InChI is InChI=1S/C20H22N4O3/c1-23-15-8-3-2-7-14(15)22-18(23)13-21-19(25)16-9-4-5-11-24(16)20(26)17-10-6-12-27-17/h2-3,6-8,10,12,16H,4-5,9,11,13H2,1H3,(H,21,25). The number of amides is 2. The van der Waals surface area contributed by atoms with Crippen molar-refractivity contribution < 1.29 is 14.0 Å². The lowest BCUT2D eigenvalue weighted by atomic mass is 10.0. The Morgan fingerprint density at radius 2 is 2.07 bits per heavy atom. The molecule has 2 amide bonds. The lowest BCUT2D eigenvalue weighted by molar-refractivity contribution is -0.126. The maximum Gasteiger partial charge on any atom is 0.290 e. The van der Waals surface area contributed by atoms with Crippen molar-refractivity contribution in [3.8, 4) is 0 Å². The molecule has 1 aliphatic heterocycles. The van der Waals surface area contributed by atoms with Gasteiger partial charge in [-0.25, -0.2) is 4.98 Å². The number of nitrogens with one attached hydrogen (secondary N) is 1. The van der Waals surface area contributed by atoms with Crippen LogP contribution in [0.5, 0.6) is 0 Å². The largest absolute Gasteiger partial charge is 0.459 e. The summed E-state index contributed by atoms with van der Waals surface area (Å²) < 4.78 is 7.19. The van der Waals surface area contributed by atoms with E-state index in [1.807, 2.05) is 35.9 Å². The van der Waals surface area contributed by atoms with E-state index in [4.69, 9.17) is 4.42 Å². The van der Waals surface area contributed by atoms with Crippen molar-refractivity contribution in [2.24, 2.45) is 7.05 Å². The van der Waals surface area contributed by atoms with E-state index in [0.717, 1.165) is 29.7 Å². The molecule has 2 aromatic heterocycles. The number of nitrogens with zero attached hydrogens (tertiary/aromatic N) is 3. The second-order valence-corrected chi connectivity index (χ2v) is 6.78. The number of fused-ring (bicyclic) bond motifs is 1. The maximum atomic E-state index is 12.8. The zero-order chi connectivity index (χ0) is 18.8. The molecule has 3 heterocycles. The molecule has 1 aromatic carbocycles. The highest BCUT2D eigenvalue weighted by molar-refractivity contribution is 5.95. The highest BCUT2D eigenvalue weighted by Gasteiger charge is 2.33. The van der Waals surface area contributed by atoms with Gasteiger partial charge >= 0.3 is 0 Å². The van der Waals surface area contributed by atoms with Gasteiger partial charge in [0.05, 0.1) is 23.8 Å². The van der Waals surface area contributed by atoms with Crippen LogP contribution in [0.1, 0.15) is 35.6 Å². The van der Waals surface area contributed by atoms with Crippen molar-refractivity contribution in [1.82, 2.24) is 19.8 Å². The van der Waals surface area contributed by atoms with Gasteiger partial charge in [-0.3, -0.25) is 9.59 Å². The fourth-order valence-electron chi connectivity index (χ4n) is 3.63. The normalized spacial score (nSPS) is 17.2. The number of rotatable bonds is 4. The SMILES string of the molecule is Cn1c(CNC(=O)C2CCCCN2C(=O)c2ccco2)nc2ccccc21. The first-order chi connectivity index (χ1) is 13.1. The maximum absolute atomic E-state index is 12.8. The fourth-order valence-corrected chi connectivity index (χ4v) is 3.63. The molecular weight excluding hydrogens is 344 g/mol. The predicted octanol–water partition coefficient (Wildman–Crippen LogP) is 2.48. The van der Waals surface area contributed by atoms with Gasteiger partial charge in [-0.2, -0.15) is 0 Å². The van der Waals surface area contributed by atoms with Gasteiger partial charge in [0.25, 0.3) is 5.91 Å². The summed E-state index contributed by atoms with van der Waals surface area (Å²) in [7, 11) is 1.93. The smallest absolute Gasteiger partial charge is 0.290 e. The van der Waals surface area contributed by atoms with Gasteiger partial charge in [-0.1, -0.05) is 12.1 Å². The molecule has 4 rings (SSSR count). The number of para-hydroxylation sites is 2. The topological polar surface area (TPSA) is 80.4 Å². The second-order valence-electron chi connectivity index (χ2n) is 6.78. The monoisotopic (exact) mass is 366 g/mol. The first-order valence-corrected chi connectivity index (χ1v) is 9.17. The van der Waals surface area contributed by atoms with Gasteiger partial charge in [0, 0.05) is 13.6 Å². The summed E-state index contributed by atoms with van der Waals surface area (Å²) in [5, 5.41) is 2.95. The third kappa shape index (κ3) is 3.32. The van der Waals surface area contributed by atoms with Crippen LogP contribution in [0.25, 0.3) is 11.0 Å². The predicted molar refractivity (Wildman–Crippen MR) is 99.9 cm³/mol. The Labute approximate surface area is 157 Å². The van der Waals surface area contributed by atoms with E-state index in [-0.39, 0.29) is 17.6 Å². The Bertz CT molecular complexity index is 961. The molecule has 1 fully saturated rings. The summed E-state index contributed by atoms with van der Waals surface area (Å²) in [5.74, 6) is 0.665. The molecular formula is C20H22N4O3. The second kappa shape index (κ2) is 7.26. The number of carbonyl (C=O) groups excluding carboxylic acids is 2. The minimum absolute atomic E-state index is 0.151. The van der Waals surface area contributed by atoms with Crippen molar-refractivity contribution in [1.29, 1.82) is 0 Å². The number of aromatic nitrogens is 2. The zero-order valence-electron chi connectivity index (χ0n) is 15.2. The summed E-state index contributed by atoms with van der Waals surface area (Å²) in [6, 6.07) is 10.7. The summed E-state index contributed by atoms with van der Waals surface area (Å²) in [4.78, 5) is 31.7. The van der Waals surface area contributed by atoms with Gasteiger partial charge in [0.2, 0.25) is 5.91 Å². The average molecular weight is 366 g/mol. The molecule has 0 aliphatic carbocycles. The van der Waals surface area contributed by atoms with Gasteiger partial charge in [-0.05, 0) is 43.5 Å². The molecule has 27 heavy (non-hydrogen) atoms. The van der Waals surface area contributed by atoms with Crippen molar-refractivity contribution in [2.45, 2.75) is 31.8 Å². The van der Waals surface area contributed by atoms with E-state index in [9.17, 15) is 9.59 Å². The van der Waals surface area contributed by atoms with Crippen LogP contribution in [0.3, 0.4) is 0 Å². The van der Waals surface area contributed by atoms with E-state index in [0.29, 0.717) is 19.5 Å². The lowest BCUT2D eigenvalue weighted by Crippen LogP contribution is -2.51. The minimum atomic E-state index is -0.481. The van der Waals surface area contributed by atoms with Crippen LogP contribution in [0.2, 0.25) is 0 Å². The quantitative estimate of drug-likeness (QED) is 0.769. The van der Waals surface area contributed by atoms with Crippen molar-refractivity contribution in [3.63, 3.8) is 0 Å². The molecule has 7 heteroatoms. The van der Waals surface area contributed by atoms with Crippen molar-refractivity contribution in [3.05, 3.63) is 54.2 Å². The number of likely N-dealkylation sites (tertiary alicyclic amines) is 1. The van der Waals surface area contributed by atoms with Gasteiger partial charge in [0.1, 0.15) is 11.9 Å². The first kappa shape index (κ1) is 17.3. The summed E-state index contributed by atoms with van der Waals surface area (Å²) in [6.45, 7) is 0.882. The molecule has 1 unspecified atom stereocenters. The molecule has 0 spiro atoms. The number of furan rings is 1. The first-order valence-electron chi connectivity index (χ1n) is 9.17. The van der Waals surface area contributed by atoms with Gasteiger partial charge < -0.3 is 19.2 Å². The molecule has 1 atom stereocenters. The molecule has 1 saturated heterocycles. The van der Waals surface area contributed by atoms with Gasteiger partial charge in [0.15, 0.2) is 5.76 Å². The van der Waals surface area contributed by atoms with Crippen LogP contribution in [-0.2, 0) is 18.4 Å². The molecule has 0 saturated carbocycles. The summed E-state index contributed by atoms with van der Waals surface area (Å²) in [5.41, 5.74) is 1.92. The van der Waals surface area contributed by atoms with Crippen LogP contribution in [-0.4, -0.2) is 38.9 Å². The van der Waals surface area contributed by atoms with Crippen molar-refractivity contribution >= 4 is 22.8 Å². The average Bonchev–Trinajstić information content (AvgIpc) is 3.34. The third-order valence-corrected chi connectivity index (χ3v) is 5.10. The number of imidazole rings is 1. The summed E-state index contributed by atoms with van der Waals surface area (Å²) in [6.07, 6.45) is 3.94. The number of hydrogen-bond acceptors (Lipinski definition) is 4. The van der Waals surface area contributed by atoms with Crippen LogP contribution < -0.4 is 5.32 Å². The Kier molecular flexibility index (Phi) is 4.66. The number of carbonyl (C=O) groups is 2. The van der Waals surface area contributed by atoms with E-state index in [1.165, 1.54) is 6.26 Å². The van der Waals surface area contributed by atoms with Crippen LogP contribution in [0.15, 0.2) is 47.1 Å². The molecule has 3 aromatic rings. The highest BCUT2D eigenvalue weighted by atomic mass is 16.3. The number of hydrogen-bond donors (Lipinski definition) is 1. The molecule has 0 bridgehead atoms. The minimum Gasteiger partial charge on any atom is -0.459 e. The Morgan fingerprint density at radius 1 is 1.22 bits per heavy atom. The molecule has 140 valence electrons. The lowest BCUT2D eigenvalue weighted by Gasteiger charge is -2.34. The number of benzene rings is 1.